The molecule has 0 aromatic heterocycles. The van der Waals surface area contributed by atoms with Gasteiger partial charge in [-0.3, -0.25) is 14.4 Å². The number of fused-ring (bicyclic) bond motifs is 5. The molecule has 1 unspecified atom stereocenters. The maximum absolute atomic E-state index is 14.8. The third kappa shape index (κ3) is 4.54. The highest BCUT2D eigenvalue weighted by Gasteiger charge is 2.73. The maximum Gasteiger partial charge on any atom is 0.338 e. The van der Waals surface area contributed by atoms with Crippen molar-refractivity contribution in [3.8, 4) is 0 Å². The van der Waals surface area contributed by atoms with Crippen molar-refractivity contribution in [1.29, 1.82) is 0 Å². The van der Waals surface area contributed by atoms with E-state index in [0.717, 1.165) is 6.92 Å². The second-order valence-electron chi connectivity index (χ2n) is 13.2. The molecule has 3 N–H and O–H groups in total. The molecule has 1 aliphatic heterocycles. The largest absolute Gasteiger partial charge is 0.456 e. The molecular formula is C32H40O11. The topological polar surface area (TPSA) is 166 Å². The molecule has 9 atom stereocenters. The molecule has 11 nitrogen and oxygen atoms in total. The Kier molecular flexibility index (Phi) is 7.65. The fourth-order valence-electron chi connectivity index (χ4n) is 8.05. The molecule has 0 spiro atoms. The van der Waals surface area contributed by atoms with E-state index in [4.69, 9.17) is 18.9 Å². The van der Waals surface area contributed by atoms with Gasteiger partial charge in [-0.1, -0.05) is 32.0 Å². The molecule has 0 radical (unpaired) electrons. The van der Waals surface area contributed by atoms with Crippen molar-refractivity contribution in [3.05, 3.63) is 47.0 Å². The van der Waals surface area contributed by atoms with Crippen LogP contribution >= 0.6 is 0 Å². The predicted octanol–water partition coefficient (Wildman–Crippen LogP) is 2.04. The van der Waals surface area contributed by atoms with Gasteiger partial charge in [0.15, 0.2) is 17.5 Å². The second-order valence-corrected chi connectivity index (χ2v) is 13.2. The number of hydrogen-bond donors (Lipinski definition) is 3. The van der Waals surface area contributed by atoms with E-state index in [-0.39, 0.29) is 37.0 Å². The molecule has 2 saturated carbocycles. The third-order valence-electron chi connectivity index (χ3n) is 10.6. The fraction of sp³-hybridized carbons (Fsp3) is 0.625. The van der Waals surface area contributed by atoms with Gasteiger partial charge in [-0.25, -0.2) is 4.79 Å². The lowest BCUT2D eigenvalue weighted by Gasteiger charge is -2.62. The van der Waals surface area contributed by atoms with Crippen LogP contribution in [0.5, 0.6) is 0 Å². The summed E-state index contributed by atoms with van der Waals surface area (Å²) >= 11 is 0. The van der Waals surface area contributed by atoms with Crippen LogP contribution in [0.2, 0.25) is 0 Å². The molecule has 1 heterocycles. The smallest absolute Gasteiger partial charge is 0.338 e. The average molecular weight is 601 g/mol. The van der Waals surface area contributed by atoms with E-state index in [1.165, 1.54) is 13.8 Å². The van der Waals surface area contributed by atoms with Crippen LogP contribution in [0.15, 0.2) is 41.5 Å². The van der Waals surface area contributed by atoms with E-state index in [1.54, 1.807) is 51.1 Å². The number of carbonyl (C=O) groups excluding carboxylic acids is 4. The molecular weight excluding hydrogens is 560 g/mol. The van der Waals surface area contributed by atoms with Crippen molar-refractivity contribution >= 4 is 23.7 Å². The zero-order valence-corrected chi connectivity index (χ0v) is 25.3. The summed E-state index contributed by atoms with van der Waals surface area (Å²) in [6, 6.07) is 8.18. The number of esters is 3. The first-order valence-electron chi connectivity index (χ1n) is 14.6. The molecule has 43 heavy (non-hydrogen) atoms. The van der Waals surface area contributed by atoms with Gasteiger partial charge in [0.05, 0.1) is 29.8 Å². The van der Waals surface area contributed by atoms with Crippen molar-refractivity contribution in [2.24, 2.45) is 16.7 Å². The van der Waals surface area contributed by atoms with Crippen molar-refractivity contribution in [2.45, 2.75) is 103 Å². The van der Waals surface area contributed by atoms with Gasteiger partial charge in [0.25, 0.3) is 0 Å². The van der Waals surface area contributed by atoms with E-state index in [2.05, 4.69) is 0 Å². The number of carbonyl (C=O) groups is 4. The lowest BCUT2D eigenvalue weighted by atomic mass is 9.52. The average Bonchev–Trinajstić information content (AvgIpc) is 2.93. The highest BCUT2D eigenvalue weighted by Crippen LogP contribution is 2.61. The third-order valence-corrected chi connectivity index (χ3v) is 10.6. The first-order valence-corrected chi connectivity index (χ1v) is 14.6. The molecule has 3 aliphatic carbocycles. The van der Waals surface area contributed by atoms with Crippen LogP contribution in [-0.4, -0.2) is 87.3 Å². The lowest BCUT2D eigenvalue weighted by Crippen LogP contribution is -2.75. The van der Waals surface area contributed by atoms with Crippen molar-refractivity contribution in [2.75, 3.05) is 6.61 Å². The van der Waals surface area contributed by atoms with E-state index < -0.39 is 82.2 Å². The number of Topliss-reactive ketones (excluding diaryl/α,β-unsaturated/α-hetero) is 1. The Morgan fingerprint density at radius 1 is 0.977 bits per heavy atom. The van der Waals surface area contributed by atoms with Gasteiger partial charge >= 0.3 is 17.9 Å². The molecule has 4 aliphatic rings. The normalized spacial score (nSPS) is 40.0. The molecule has 5 rings (SSSR count). The Morgan fingerprint density at radius 2 is 1.63 bits per heavy atom. The number of aliphatic hydroxyl groups excluding tert-OH is 2. The van der Waals surface area contributed by atoms with Gasteiger partial charge < -0.3 is 34.3 Å². The minimum atomic E-state index is -2.00. The Hall–Kier alpha value is -3.12. The zero-order valence-electron chi connectivity index (χ0n) is 25.3. The Balaban J connectivity index is 1.79. The Labute approximate surface area is 250 Å². The molecule has 1 aromatic rings. The van der Waals surface area contributed by atoms with Crippen molar-refractivity contribution in [1.82, 2.24) is 0 Å². The number of hydrogen-bond acceptors (Lipinski definition) is 11. The zero-order chi connectivity index (χ0) is 31.7. The summed E-state index contributed by atoms with van der Waals surface area (Å²) in [5.41, 5.74) is -5.83. The fourth-order valence-corrected chi connectivity index (χ4v) is 8.05. The van der Waals surface area contributed by atoms with Gasteiger partial charge in [0.1, 0.15) is 17.8 Å². The summed E-state index contributed by atoms with van der Waals surface area (Å²) in [6.07, 6.45) is -6.94. The summed E-state index contributed by atoms with van der Waals surface area (Å²) in [7, 11) is 0. The summed E-state index contributed by atoms with van der Waals surface area (Å²) < 4.78 is 23.5. The maximum atomic E-state index is 14.8. The Bertz CT molecular complexity index is 1370. The molecule has 1 aromatic carbocycles. The van der Waals surface area contributed by atoms with Crippen LogP contribution in [-0.2, 0) is 33.3 Å². The van der Waals surface area contributed by atoms with E-state index in [9.17, 15) is 34.5 Å². The monoisotopic (exact) mass is 600 g/mol. The first-order chi connectivity index (χ1) is 20.0. The predicted molar refractivity (Wildman–Crippen MR) is 149 cm³/mol. The molecule has 1 saturated heterocycles. The number of ketones is 1. The molecule has 11 heteroatoms. The SMILES string of the molecule is CC(=O)O[C@H]1C(=O)[C@@]2(C)C(C[C@H](OC(=O)c3ccccc3)[C@]3(O)C[C@H](O)C(C)=C1C3(C)C)[C@]1(OC(C)=O)CO[C@@H]1C[C@@H]2O. The molecule has 234 valence electrons. The van der Waals surface area contributed by atoms with E-state index >= 15 is 0 Å². The number of rotatable bonds is 4. The van der Waals surface area contributed by atoms with E-state index in [1.807, 2.05) is 0 Å². The van der Waals surface area contributed by atoms with Crippen LogP contribution in [0.4, 0.5) is 0 Å². The quantitative estimate of drug-likeness (QED) is 0.263. The first kappa shape index (κ1) is 31.3. The van der Waals surface area contributed by atoms with Crippen LogP contribution in [0.3, 0.4) is 0 Å². The number of ether oxygens (including phenoxy) is 4. The molecule has 2 bridgehead atoms. The van der Waals surface area contributed by atoms with Crippen molar-refractivity contribution < 1.29 is 53.4 Å². The second kappa shape index (κ2) is 10.5. The van der Waals surface area contributed by atoms with E-state index in [0.29, 0.717) is 5.57 Å². The highest BCUT2D eigenvalue weighted by atomic mass is 16.6. The number of benzene rings is 1. The summed E-state index contributed by atoms with van der Waals surface area (Å²) in [4.78, 5) is 53.3. The van der Waals surface area contributed by atoms with Crippen molar-refractivity contribution in [3.63, 3.8) is 0 Å². The highest BCUT2D eigenvalue weighted by molar-refractivity contribution is 5.95. The molecule has 3 fully saturated rings. The van der Waals surface area contributed by atoms with Gasteiger partial charge in [-0.2, -0.15) is 0 Å². The summed E-state index contributed by atoms with van der Waals surface area (Å²) in [5.74, 6) is -3.90. The van der Waals surface area contributed by atoms with Gasteiger partial charge in [-0.05, 0) is 43.5 Å². The van der Waals surface area contributed by atoms with Gasteiger partial charge in [0.2, 0.25) is 0 Å². The van der Waals surface area contributed by atoms with Gasteiger partial charge in [-0.15, -0.1) is 0 Å². The lowest BCUT2D eigenvalue weighted by molar-refractivity contribution is -0.323. The minimum absolute atomic E-state index is 0.0540. The Morgan fingerprint density at radius 3 is 2.19 bits per heavy atom. The van der Waals surface area contributed by atoms with Crippen LogP contribution < -0.4 is 0 Å². The van der Waals surface area contributed by atoms with Gasteiger partial charge in [0, 0.05) is 38.0 Å². The summed E-state index contributed by atoms with van der Waals surface area (Å²) in [6.45, 7) is 8.70. The van der Waals surface area contributed by atoms with Crippen LogP contribution in [0.25, 0.3) is 0 Å². The number of aliphatic hydroxyl groups is 3. The van der Waals surface area contributed by atoms with Crippen LogP contribution in [0, 0.1) is 16.7 Å². The minimum Gasteiger partial charge on any atom is -0.456 e. The van der Waals surface area contributed by atoms with Crippen LogP contribution in [0.1, 0.15) is 71.2 Å². The standard InChI is InChI=1S/C32H40O11/c1-16-20(35)14-32(39)24(42-28(38)19-10-8-7-9-11-19)12-21-30(6,22(36)13-23-31(21,15-40-23)43-18(3)34)27(37)26(41-17(2)33)25(16)29(32,4)5/h7-11,20-24,26,35-36,39H,12-15H2,1-6H3/t20-,21?,22-,23+,24-,26+,30-,31+,32+/m0/s1. The summed E-state index contributed by atoms with van der Waals surface area (Å²) in [5, 5.41) is 35.6. The molecule has 0 amide bonds.